The maximum absolute atomic E-state index is 4.50. The van der Waals surface area contributed by atoms with Crippen LogP contribution in [0.4, 0.5) is 0 Å². The van der Waals surface area contributed by atoms with Crippen LogP contribution < -0.4 is 0 Å². The summed E-state index contributed by atoms with van der Waals surface area (Å²) in [5.74, 6) is 2.13. The van der Waals surface area contributed by atoms with Crippen LogP contribution in [0.15, 0.2) is 36.5 Å². The third-order valence-corrected chi connectivity index (χ3v) is 11.6. The lowest BCUT2D eigenvalue weighted by molar-refractivity contribution is 0.346. The van der Waals surface area contributed by atoms with Crippen molar-refractivity contribution in [2.45, 2.75) is 217 Å². The second-order valence-electron chi connectivity index (χ2n) is 14.1. The van der Waals surface area contributed by atoms with Gasteiger partial charge in [0.15, 0.2) is 0 Å². The molecule has 0 nitrogen and oxygen atoms in total. The maximum atomic E-state index is 4.50. The maximum Gasteiger partial charge on any atom is 0.0606 e. The topological polar surface area (TPSA) is 0 Å². The summed E-state index contributed by atoms with van der Waals surface area (Å²) in [7, 11) is 4.50. The predicted octanol–water partition coefficient (Wildman–Crippen LogP) is 16.9. The monoisotopic (exact) mass is 635 g/mol. The van der Waals surface area contributed by atoms with Crippen molar-refractivity contribution in [1.82, 2.24) is 0 Å². The Balaban J connectivity index is -0.0000000798. The van der Waals surface area contributed by atoms with E-state index < -0.39 is 0 Å². The van der Waals surface area contributed by atoms with E-state index in [1.54, 1.807) is 56.1 Å². The van der Waals surface area contributed by atoms with Crippen LogP contribution in [0, 0.1) is 33.5 Å². The highest BCUT2D eigenvalue weighted by Gasteiger charge is 2.72. The van der Waals surface area contributed by atoms with E-state index in [-0.39, 0.29) is 66.8 Å². The van der Waals surface area contributed by atoms with E-state index in [0.717, 1.165) is 33.5 Å². The summed E-state index contributed by atoms with van der Waals surface area (Å²) in [5, 5.41) is 0. The first-order chi connectivity index (χ1) is 17.3. The fourth-order valence-electron chi connectivity index (χ4n) is 9.49. The fourth-order valence-corrected chi connectivity index (χ4v) is 9.49. The molecule has 6 saturated carbocycles. The second-order valence-corrected chi connectivity index (χ2v) is 14.1. The standard InChI is InChI=1S/C11H16.C10H16.C6H10.C5H10.C2H4.CH3B.9CH4/c1-9-3-6-10-4-2-5-11(10,7-9)8-10;1-8-5-9-3-2-4-10(9,6-8)7-9;1-6-4-2-3-5-6;1-5-3-2-4-5;2*1-2;;;;;;;;;/h3H,2,4-8H2,1H3;8H,2-7H2,1H3;4H,2-3,5H2,1H3;5H,2-4H2,1H3;1-2H2;1H3;9*1H4. The third-order valence-electron chi connectivity index (χ3n) is 11.6. The average Bonchev–Trinajstić information content (AvgIpc) is 3.24. The van der Waals surface area contributed by atoms with Gasteiger partial charge in [-0.05, 0) is 131 Å². The molecule has 0 heterocycles. The summed E-state index contributed by atoms with van der Waals surface area (Å²) in [4.78, 5) is 0. The SMILES string of the molecule is C.C.C.C.C.C.C.C.C.C=C.CC1=CCC23CCCC2(C1)C3.CC1=CCCC1.CC1CC23CCCC2(C1)C3.CC1CCC1.[B]C. The van der Waals surface area contributed by atoms with Crippen molar-refractivity contribution >= 4 is 7.85 Å². The molecule has 274 valence electrons. The highest BCUT2D eigenvalue weighted by atomic mass is 14.8. The lowest BCUT2D eigenvalue weighted by Crippen LogP contribution is -2.11. The van der Waals surface area contributed by atoms with Crippen LogP contribution in [0.2, 0.25) is 6.82 Å². The van der Waals surface area contributed by atoms with Crippen LogP contribution in [-0.2, 0) is 0 Å². The van der Waals surface area contributed by atoms with Crippen LogP contribution in [-0.4, -0.2) is 7.85 Å². The molecule has 4 atom stereocenters. The van der Waals surface area contributed by atoms with Gasteiger partial charge in [-0.2, -0.15) is 0 Å². The lowest BCUT2D eigenvalue weighted by Gasteiger charge is -2.22. The highest BCUT2D eigenvalue weighted by Crippen LogP contribution is 2.82. The molecule has 0 aromatic carbocycles. The Morgan fingerprint density at radius 2 is 1.00 bits per heavy atom. The Hall–Kier alpha value is -0.715. The predicted molar refractivity (Wildman–Crippen MR) is 222 cm³/mol. The number of hydrogen-bond acceptors (Lipinski definition) is 0. The second kappa shape index (κ2) is 25.3. The van der Waals surface area contributed by atoms with E-state index in [2.05, 4.69) is 60.9 Å². The van der Waals surface area contributed by atoms with Gasteiger partial charge in [-0.25, -0.2) is 0 Å². The van der Waals surface area contributed by atoms with Crippen molar-refractivity contribution in [3.05, 3.63) is 36.5 Å². The van der Waals surface area contributed by atoms with Crippen molar-refractivity contribution in [2.75, 3.05) is 0 Å². The third kappa shape index (κ3) is 13.0. The smallest absolute Gasteiger partial charge is 0.0606 e. The number of allylic oxidation sites excluding steroid dienone is 4. The molecule has 8 aliphatic rings. The Morgan fingerprint density at radius 3 is 1.36 bits per heavy atom. The van der Waals surface area contributed by atoms with Crippen molar-refractivity contribution in [1.29, 1.82) is 0 Å². The molecule has 0 amide bonds. The fraction of sp³-hybridized carbons (Fsp3) is 0.864. The average molecular weight is 635 g/mol. The molecule has 8 rings (SSSR count). The van der Waals surface area contributed by atoms with E-state index in [9.17, 15) is 0 Å². The van der Waals surface area contributed by atoms with E-state index in [4.69, 9.17) is 0 Å². The molecule has 0 N–H and O–H groups in total. The van der Waals surface area contributed by atoms with Crippen LogP contribution in [0.25, 0.3) is 0 Å². The molecule has 0 bridgehead atoms. The van der Waals surface area contributed by atoms with E-state index >= 15 is 0 Å². The van der Waals surface area contributed by atoms with Crippen molar-refractivity contribution in [3.63, 3.8) is 0 Å². The Bertz CT molecular complexity index is 748. The van der Waals surface area contributed by atoms with Crippen molar-refractivity contribution in [2.24, 2.45) is 33.5 Å². The summed E-state index contributed by atoms with van der Waals surface area (Å²) < 4.78 is 0. The van der Waals surface area contributed by atoms with Gasteiger partial charge >= 0.3 is 0 Å². The minimum absolute atomic E-state index is 0. The Kier molecular flexibility index (Phi) is 33.6. The zero-order valence-corrected chi connectivity index (χ0v) is 25.0. The molecule has 1 heteroatoms. The van der Waals surface area contributed by atoms with Gasteiger partial charge in [0.2, 0.25) is 0 Å². The molecule has 45 heavy (non-hydrogen) atoms. The molecule has 0 spiro atoms. The molecule has 0 aromatic rings. The van der Waals surface area contributed by atoms with Gasteiger partial charge in [-0.15, -0.1) is 13.2 Å². The van der Waals surface area contributed by atoms with Crippen molar-refractivity contribution < 1.29 is 0 Å². The Morgan fingerprint density at radius 1 is 0.578 bits per heavy atom. The van der Waals surface area contributed by atoms with Crippen LogP contribution in [0.3, 0.4) is 0 Å². The first-order valence-electron chi connectivity index (χ1n) is 15.7. The summed E-state index contributed by atoms with van der Waals surface area (Å²) >= 11 is 0. The van der Waals surface area contributed by atoms with Crippen LogP contribution >= 0.6 is 0 Å². The minimum atomic E-state index is 0. The van der Waals surface area contributed by atoms with Gasteiger partial charge in [-0.1, -0.05) is 143 Å². The number of hydrogen-bond donors (Lipinski definition) is 0. The van der Waals surface area contributed by atoms with Gasteiger partial charge in [0.1, 0.15) is 0 Å². The number of rotatable bonds is 0. The highest BCUT2D eigenvalue weighted by molar-refractivity contribution is 6.05. The molecule has 2 radical (unpaired) electrons. The van der Waals surface area contributed by atoms with E-state index in [1.165, 1.54) is 77.5 Å². The van der Waals surface area contributed by atoms with Gasteiger partial charge in [0.25, 0.3) is 0 Å². The van der Waals surface area contributed by atoms with E-state index in [0.29, 0.717) is 0 Å². The summed E-state index contributed by atoms with van der Waals surface area (Å²) in [6.07, 6.45) is 31.8. The normalized spacial score (nSPS) is 33.0. The van der Waals surface area contributed by atoms with Gasteiger partial charge in [0, 0.05) is 0 Å². The first-order valence-corrected chi connectivity index (χ1v) is 15.7. The van der Waals surface area contributed by atoms with E-state index in [1.807, 2.05) is 0 Å². The molecular formula is C44H95B. The minimum Gasteiger partial charge on any atom is -0.106 e. The molecule has 6 fully saturated rings. The summed E-state index contributed by atoms with van der Waals surface area (Å²) in [6, 6.07) is 0. The molecule has 8 aliphatic carbocycles. The molecular weight excluding hydrogens is 539 g/mol. The van der Waals surface area contributed by atoms with Crippen LogP contribution in [0.5, 0.6) is 0 Å². The lowest BCUT2D eigenvalue weighted by atomic mass is 9.83. The van der Waals surface area contributed by atoms with Gasteiger partial charge in [-0.3, -0.25) is 0 Å². The van der Waals surface area contributed by atoms with Gasteiger partial charge in [0.05, 0.1) is 7.85 Å². The zero-order chi connectivity index (χ0) is 26.5. The quantitative estimate of drug-likeness (QED) is 0.184. The Labute approximate surface area is 294 Å². The molecule has 4 unspecified atom stereocenters. The van der Waals surface area contributed by atoms with Crippen molar-refractivity contribution in [3.8, 4) is 0 Å². The zero-order valence-electron chi connectivity index (χ0n) is 25.0. The summed E-state index contributed by atoms with van der Waals surface area (Å²) in [5.41, 5.74) is 6.77. The first kappa shape index (κ1) is 59.7. The summed E-state index contributed by atoms with van der Waals surface area (Å²) in [6.45, 7) is 16.8. The largest absolute Gasteiger partial charge is 0.106 e. The molecule has 0 aromatic heterocycles. The molecule has 0 aliphatic heterocycles. The van der Waals surface area contributed by atoms with Crippen LogP contribution in [0.1, 0.15) is 210 Å². The van der Waals surface area contributed by atoms with Gasteiger partial charge < -0.3 is 0 Å². The molecule has 0 saturated heterocycles.